The summed E-state index contributed by atoms with van der Waals surface area (Å²) in [4.78, 5) is 13.0. The van der Waals surface area contributed by atoms with Crippen molar-refractivity contribution in [3.8, 4) is 0 Å². The van der Waals surface area contributed by atoms with E-state index in [0.29, 0.717) is 6.42 Å². The van der Waals surface area contributed by atoms with Crippen LogP contribution in [0.25, 0.3) is 0 Å². The van der Waals surface area contributed by atoms with Gasteiger partial charge in [0.2, 0.25) is 0 Å². The van der Waals surface area contributed by atoms with Crippen molar-refractivity contribution in [2.45, 2.75) is 25.3 Å². The number of aliphatic hydroxyl groups excluding tert-OH is 1. The van der Waals surface area contributed by atoms with Gasteiger partial charge in [-0.15, -0.1) is 0 Å². The van der Waals surface area contributed by atoms with E-state index in [1.54, 1.807) is 11.9 Å². The lowest BCUT2D eigenvalue weighted by Gasteiger charge is -2.23. The molecule has 0 bridgehead atoms. The Labute approximate surface area is 72.6 Å². The number of nitrogens with zero attached hydrogens (tertiary/aromatic N) is 1. The summed E-state index contributed by atoms with van der Waals surface area (Å²) in [5, 5.41) is 11.3. The maximum atomic E-state index is 11.2. The number of hydrogen-bond donors (Lipinski definition) is 2. The van der Waals surface area contributed by atoms with E-state index in [1.807, 2.05) is 0 Å². The van der Waals surface area contributed by atoms with Crippen LogP contribution < -0.4 is 5.32 Å². The first kappa shape index (κ1) is 9.32. The van der Waals surface area contributed by atoms with Crippen LogP contribution in [0.4, 0.5) is 4.79 Å². The largest absolute Gasteiger partial charge is 0.396 e. The molecule has 1 atom stereocenters. The number of rotatable bonds is 2. The third kappa shape index (κ3) is 1.88. The van der Waals surface area contributed by atoms with Crippen molar-refractivity contribution >= 4 is 6.03 Å². The van der Waals surface area contributed by atoms with Crippen LogP contribution in [0.3, 0.4) is 0 Å². The molecule has 1 aliphatic heterocycles. The van der Waals surface area contributed by atoms with Crippen molar-refractivity contribution in [1.82, 2.24) is 10.2 Å². The fraction of sp³-hybridized carbons (Fsp3) is 0.875. The summed E-state index contributed by atoms with van der Waals surface area (Å²) >= 11 is 0. The summed E-state index contributed by atoms with van der Waals surface area (Å²) in [6, 6.07) is 0.223. The topological polar surface area (TPSA) is 52.6 Å². The average molecular weight is 172 g/mol. The van der Waals surface area contributed by atoms with Crippen LogP contribution in [0.15, 0.2) is 0 Å². The van der Waals surface area contributed by atoms with E-state index in [9.17, 15) is 4.79 Å². The van der Waals surface area contributed by atoms with E-state index < -0.39 is 0 Å². The van der Waals surface area contributed by atoms with Gasteiger partial charge < -0.3 is 15.3 Å². The molecule has 1 heterocycles. The standard InChI is InChI=1S/C8H16N2O2/c1-9-8(12)10-5-2-3-7(10)4-6-11/h7,11H,2-6H2,1H3,(H,9,12). The molecule has 0 spiro atoms. The maximum absolute atomic E-state index is 11.2. The SMILES string of the molecule is CNC(=O)N1CCCC1CCO. The minimum absolute atomic E-state index is 0.0223. The smallest absolute Gasteiger partial charge is 0.317 e. The molecule has 0 radical (unpaired) electrons. The molecule has 1 saturated heterocycles. The minimum Gasteiger partial charge on any atom is -0.396 e. The van der Waals surface area contributed by atoms with Gasteiger partial charge in [-0.3, -0.25) is 0 Å². The predicted octanol–water partition coefficient (Wildman–Crippen LogP) is 0.173. The van der Waals surface area contributed by atoms with E-state index in [-0.39, 0.29) is 18.7 Å². The van der Waals surface area contributed by atoms with Crippen LogP contribution >= 0.6 is 0 Å². The molecule has 1 unspecified atom stereocenters. The summed E-state index contributed by atoms with van der Waals surface area (Å²) in [7, 11) is 1.64. The highest BCUT2D eigenvalue weighted by Crippen LogP contribution is 2.19. The first-order chi connectivity index (χ1) is 5.79. The number of hydrogen-bond acceptors (Lipinski definition) is 2. The molecule has 2 N–H and O–H groups in total. The zero-order valence-corrected chi connectivity index (χ0v) is 7.42. The van der Waals surface area contributed by atoms with Gasteiger partial charge >= 0.3 is 6.03 Å². The summed E-state index contributed by atoms with van der Waals surface area (Å²) in [6.07, 6.45) is 2.78. The third-order valence-electron chi connectivity index (χ3n) is 2.31. The molecule has 0 aromatic rings. The Morgan fingerprint density at radius 2 is 2.50 bits per heavy atom. The zero-order valence-electron chi connectivity index (χ0n) is 7.42. The van der Waals surface area contributed by atoms with E-state index in [2.05, 4.69) is 5.32 Å². The van der Waals surface area contributed by atoms with E-state index in [1.165, 1.54) is 0 Å². The molecule has 1 rings (SSSR count). The zero-order chi connectivity index (χ0) is 8.97. The van der Waals surface area contributed by atoms with Crippen molar-refractivity contribution in [2.75, 3.05) is 20.2 Å². The second kappa shape index (κ2) is 4.30. The number of nitrogens with one attached hydrogen (secondary N) is 1. The van der Waals surface area contributed by atoms with Crippen LogP contribution in [0.5, 0.6) is 0 Å². The predicted molar refractivity (Wildman–Crippen MR) is 45.9 cm³/mol. The van der Waals surface area contributed by atoms with E-state index >= 15 is 0 Å². The first-order valence-electron chi connectivity index (χ1n) is 4.38. The van der Waals surface area contributed by atoms with Gasteiger partial charge in [-0.05, 0) is 19.3 Å². The summed E-state index contributed by atoms with van der Waals surface area (Å²) < 4.78 is 0. The molecule has 0 saturated carbocycles. The number of likely N-dealkylation sites (tertiary alicyclic amines) is 1. The lowest BCUT2D eigenvalue weighted by Crippen LogP contribution is -2.41. The van der Waals surface area contributed by atoms with Crippen LogP contribution in [0.2, 0.25) is 0 Å². The van der Waals surface area contributed by atoms with Crippen molar-refractivity contribution in [3.05, 3.63) is 0 Å². The summed E-state index contributed by atoms with van der Waals surface area (Å²) in [5.74, 6) is 0. The molecule has 70 valence electrons. The molecule has 0 aromatic carbocycles. The first-order valence-corrected chi connectivity index (χ1v) is 4.38. The molecule has 0 aromatic heterocycles. The van der Waals surface area contributed by atoms with Gasteiger partial charge in [-0.1, -0.05) is 0 Å². The normalized spacial score (nSPS) is 22.8. The van der Waals surface area contributed by atoms with Crippen molar-refractivity contribution in [3.63, 3.8) is 0 Å². The average Bonchev–Trinajstić information content (AvgIpc) is 2.52. The number of carbonyl (C=O) groups is 1. The Kier molecular flexibility index (Phi) is 3.34. The van der Waals surface area contributed by atoms with Gasteiger partial charge in [0.05, 0.1) is 0 Å². The number of urea groups is 1. The quantitative estimate of drug-likeness (QED) is 0.624. The Morgan fingerprint density at radius 3 is 3.08 bits per heavy atom. The van der Waals surface area contributed by atoms with Crippen LogP contribution in [0.1, 0.15) is 19.3 Å². The molecule has 4 nitrogen and oxygen atoms in total. The van der Waals surface area contributed by atoms with Gasteiger partial charge in [0, 0.05) is 26.2 Å². The summed E-state index contributed by atoms with van der Waals surface area (Å²) in [5.41, 5.74) is 0. The lowest BCUT2D eigenvalue weighted by molar-refractivity contribution is 0.179. The van der Waals surface area contributed by atoms with Crippen molar-refractivity contribution < 1.29 is 9.90 Å². The highest BCUT2D eigenvalue weighted by molar-refractivity contribution is 5.74. The van der Waals surface area contributed by atoms with Crippen LogP contribution in [0, 0.1) is 0 Å². The Balaban J connectivity index is 2.45. The Hall–Kier alpha value is -0.770. The fourth-order valence-corrected chi connectivity index (χ4v) is 1.70. The molecule has 1 aliphatic rings. The van der Waals surface area contributed by atoms with E-state index in [4.69, 9.17) is 5.11 Å². The Morgan fingerprint density at radius 1 is 1.75 bits per heavy atom. The van der Waals surface area contributed by atoms with E-state index in [0.717, 1.165) is 19.4 Å². The van der Waals surface area contributed by atoms with Crippen molar-refractivity contribution in [1.29, 1.82) is 0 Å². The molecular weight excluding hydrogens is 156 g/mol. The maximum Gasteiger partial charge on any atom is 0.317 e. The minimum atomic E-state index is -0.0223. The highest BCUT2D eigenvalue weighted by Gasteiger charge is 2.27. The monoisotopic (exact) mass is 172 g/mol. The van der Waals surface area contributed by atoms with Gasteiger partial charge in [-0.25, -0.2) is 4.79 Å². The van der Waals surface area contributed by atoms with Gasteiger partial charge in [0.1, 0.15) is 0 Å². The van der Waals surface area contributed by atoms with Gasteiger partial charge in [0.15, 0.2) is 0 Å². The molecule has 2 amide bonds. The van der Waals surface area contributed by atoms with Crippen molar-refractivity contribution in [2.24, 2.45) is 0 Å². The van der Waals surface area contributed by atoms with Crippen LogP contribution in [-0.4, -0.2) is 42.3 Å². The highest BCUT2D eigenvalue weighted by atomic mass is 16.3. The number of aliphatic hydroxyl groups is 1. The molecule has 1 fully saturated rings. The molecule has 0 aliphatic carbocycles. The Bertz CT molecular complexity index is 161. The van der Waals surface area contributed by atoms with Crippen LogP contribution in [-0.2, 0) is 0 Å². The third-order valence-corrected chi connectivity index (χ3v) is 2.31. The molecule has 12 heavy (non-hydrogen) atoms. The number of amides is 2. The van der Waals surface area contributed by atoms with Gasteiger partial charge in [-0.2, -0.15) is 0 Å². The fourth-order valence-electron chi connectivity index (χ4n) is 1.70. The summed E-state index contributed by atoms with van der Waals surface area (Å²) in [6.45, 7) is 0.989. The number of carbonyl (C=O) groups excluding carboxylic acids is 1. The second-order valence-corrected chi connectivity index (χ2v) is 3.06. The lowest BCUT2D eigenvalue weighted by atomic mass is 10.1. The molecule has 4 heteroatoms. The van der Waals surface area contributed by atoms with Gasteiger partial charge in [0.25, 0.3) is 0 Å². The second-order valence-electron chi connectivity index (χ2n) is 3.06. The molecular formula is C8H16N2O2.